The first-order valence-corrected chi connectivity index (χ1v) is 11.5. The predicted octanol–water partition coefficient (Wildman–Crippen LogP) is 3.37. The number of nitrogens with one attached hydrogen (secondary N) is 3. The van der Waals surface area contributed by atoms with Gasteiger partial charge >= 0.3 is 0 Å². The maximum Gasteiger partial charge on any atom is 0.258 e. The van der Waals surface area contributed by atoms with Crippen LogP contribution >= 0.6 is 15.9 Å². The fraction of sp³-hybridized carbons (Fsp3) is 0.208. The van der Waals surface area contributed by atoms with Gasteiger partial charge in [-0.25, -0.2) is 4.39 Å². The summed E-state index contributed by atoms with van der Waals surface area (Å²) in [6.07, 6.45) is 1.55. The Labute approximate surface area is 208 Å². The van der Waals surface area contributed by atoms with Crippen molar-refractivity contribution >= 4 is 45.0 Å². The van der Waals surface area contributed by atoms with Crippen molar-refractivity contribution in [2.75, 3.05) is 23.5 Å². The monoisotopic (exact) mass is 544 g/mol. The second kappa shape index (κ2) is 11.0. The van der Waals surface area contributed by atoms with Crippen molar-refractivity contribution in [3.8, 4) is 5.75 Å². The summed E-state index contributed by atoms with van der Waals surface area (Å²) in [4.78, 5) is 38.7. The summed E-state index contributed by atoms with van der Waals surface area (Å²) in [7, 11) is 0. The second-order valence-corrected chi connectivity index (χ2v) is 8.70. The SMILES string of the molecule is O=C(COc1ccc(Br)cc1NNC(=O)[C@H]1CC(=O)N(c2ccc(F)cc2)C1)NCc1ccco1. The Morgan fingerprint density at radius 3 is 2.71 bits per heavy atom. The molecule has 3 N–H and O–H groups in total. The van der Waals surface area contributed by atoms with Gasteiger partial charge in [-0.1, -0.05) is 15.9 Å². The first kappa shape index (κ1) is 24.3. The van der Waals surface area contributed by atoms with Crippen molar-refractivity contribution in [1.82, 2.24) is 10.7 Å². The van der Waals surface area contributed by atoms with Crippen LogP contribution in [-0.4, -0.2) is 30.9 Å². The number of amides is 3. The van der Waals surface area contributed by atoms with Gasteiger partial charge in [0.2, 0.25) is 11.8 Å². The number of furan rings is 1. The molecule has 0 radical (unpaired) electrons. The lowest BCUT2D eigenvalue weighted by atomic mass is 10.1. The van der Waals surface area contributed by atoms with Crippen molar-refractivity contribution in [3.63, 3.8) is 0 Å². The standard InChI is InChI=1S/C24H22BrFN4O5/c25-16-3-8-21(35-14-22(31)27-12-19-2-1-9-34-19)20(11-16)28-29-24(33)15-10-23(32)30(13-15)18-6-4-17(26)5-7-18/h1-9,11,15,28H,10,12-14H2,(H,27,31)(H,29,33)/t15-/m0/s1. The van der Waals surface area contributed by atoms with E-state index >= 15 is 0 Å². The zero-order chi connectivity index (χ0) is 24.8. The molecule has 35 heavy (non-hydrogen) atoms. The van der Waals surface area contributed by atoms with Gasteiger partial charge in [0.25, 0.3) is 5.91 Å². The fourth-order valence-electron chi connectivity index (χ4n) is 3.50. The molecule has 3 amide bonds. The lowest BCUT2D eigenvalue weighted by Gasteiger charge is -2.18. The molecule has 11 heteroatoms. The van der Waals surface area contributed by atoms with E-state index in [2.05, 4.69) is 32.1 Å². The number of hydrogen-bond acceptors (Lipinski definition) is 6. The summed E-state index contributed by atoms with van der Waals surface area (Å²) in [5.41, 5.74) is 6.36. The van der Waals surface area contributed by atoms with E-state index in [1.165, 1.54) is 35.4 Å². The van der Waals surface area contributed by atoms with Crippen LogP contribution in [0.4, 0.5) is 15.8 Å². The number of anilines is 2. The van der Waals surface area contributed by atoms with Crippen LogP contribution < -0.4 is 25.8 Å². The molecule has 0 aliphatic carbocycles. The molecule has 1 aromatic heterocycles. The number of hydrazine groups is 1. The third-order valence-corrected chi connectivity index (χ3v) is 5.79. The minimum atomic E-state index is -0.594. The Morgan fingerprint density at radius 2 is 1.97 bits per heavy atom. The fourth-order valence-corrected chi connectivity index (χ4v) is 3.86. The zero-order valence-corrected chi connectivity index (χ0v) is 20.0. The number of ether oxygens (including phenoxy) is 1. The van der Waals surface area contributed by atoms with E-state index in [-0.39, 0.29) is 43.8 Å². The van der Waals surface area contributed by atoms with Gasteiger partial charge in [-0.3, -0.25) is 25.2 Å². The average molecular weight is 545 g/mol. The van der Waals surface area contributed by atoms with Gasteiger partial charge in [-0.05, 0) is 54.6 Å². The van der Waals surface area contributed by atoms with Gasteiger partial charge in [0.05, 0.1) is 24.4 Å². The summed E-state index contributed by atoms with van der Waals surface area (Å²) in [5.74, 6) is -0.976. The molecule has 1 aliphatic rings. The van der Waals surface area contributed by atoms with E-state index in [0.717, 1.165) is 4.47 Å². The van der Waals surface area contributed by atoms with E-state index < -0.39 is 11.7 Å². The number of benzene rings is 2. The molecule has 1 atom stereocenters. The first-order chi connectivity index (χ1) is 16.9. The van der Waals surface area contributed by atoms with E-state index in [1.807, 2.05) is 0 Å². The molecular formula is C24H22BrFN4O5. The molecule has 0 saturated carbocycles. The summed E-state index contributed by atoms with van der Waals surface area (Å²) < 4.78 is 24.7. The topological polar surface area (TPSA) is 113 Å². The highest BCUT2D eigenvalue weighted by Crippen LogP contribution is 2.29. The number of hydrogen-bond donors (Lipinski definition) is 3. The molecule has 1 fully saturated rings. The van der Waals surface area contributed by atoms with Gasteiger partial charge in [0.1, 0.15) is 17.3 Å². The van der Waals surface area contributed by atoms with Crippen LogP contribution in [0, 0.1) is 11.7 Å². The van der Waals surface area contributed by atoms with Crippen molar-refractivity contribution < 1.29 is 27.9 Å². The van der Waals surface area contributed by atoms with Gasteiger partial charge in [-0.15, -0.1) is 0 Å². The molecule has 4 rings (SSSR count). The van der Waals surface area contributed by atoms with Crippen molar-refractivity contribution in [1.29, 1.82) is 0 Å². The van der Waals surface area contributed by atoms with E-state index in [9.17, 15) is 18.8 Å². The molecule has 2 aromatic carbocycles. The van der Waals surface area contributed by atoms with Gasteiger partial charge in [0, 0.05) is 23.1 Å². The lowest BCUT2D eigenvalue weighted by Crippen LogP contribution is -2.36. The molecule has 0 unspecified atom stereocenters. The normalized spacial score (nSPS) is 15.1. The van der Waals surface area contributed by atoms with Crippen LogP contribution in [0.5, 0.6) is 5.75 Å². The summed E-state index contributed by atoms with van der Waals surface area (Å²) in [5, 5.41) is 2.68. The van der Waals surface area contributed by atoms with Crippen molar-refractivity contribution in [2.45, 2.75) is 13.0 Å². The highest BCUT2D eigenvalue weighted by molar-refractivity contribution is 9.10. The number of carbonyl (C=O) groups excluding carboxylic acids is 3. The Balaban J connectivity index is 1.31. The highest BCUT2D eigenvalue weighted by Gasteiger charge is 2.35. The molecule has 182 valence electrons. The largest absolute Gasteiger partial charge is 0.482 e. The molecule has 3 aromatic rings. The molecule has 1 saturated heterocycles. The average Bonchev–Trinajstić information content (AvgIpc) is 3.51. The maximum absolute atomic E-state index is 13.2. The van der Waals surface area contributed by atoms with Crippen LogP contribution in [0.1, 0.15) is 12.2 Å². The van der Waals surface area contributed by atoms with Crippen LogP contribution in [-0.2, 0) is 20.9 Å². The van der Waals surface area contributed by atoms with Gasteiger partial charge in [0.15, 0.2) is 6.61 Å². The second-order valence-electron chi connectivity index (χ2n) is 7.78. The Kier molecular flexibility index (Phi) is 7.66. The van der Waals surface area contributed by atoms with E-state index in [4.69, 9.17) is 9.15 Å². The summed E-state index contributed by atoms with van der Waals surface area (Å²) >= 11 is 3.37. The van der Waals surface area contributed by atoms with Crippen molar-refractivity contribution in [3.05, 3.63) is 76.9 Å². The summed E-state index contributed by atoms with van der Waals surface area (Å²) in [6.45, 7) is 0.177. The molecule has 2 heterocycles. The third-order valence-electron chi connectivity index (χ3n) is 5.29. The quantitative estimate of drug-likeness (QED) is 0.356. The van der Waals surface area contributed by atoms with E-state index in [0.29, 0.717) is 22.9 Å². The molecule has 0 spiro atoms. The predicted molar refractivity (Wildman–Crippen MR) is 129 cm³/mol. The highest BCUT2D eigenvalue weighted by atomic mass is 79.9. The molecule has 0 bridgehead atoms. The Morgan fingerprint density at radius 1 is 1.17 bits per heavy atom. The lowest BCUT2D eigenvalue weighted by molar-refractivity contribution is -0.126. The van der Waals surface area contributed by atoms with Crippen LogP contribution in [0.15, 0.2) is 69.8 Å². The first-order valence-electron chi connectivity index (χ1n) is 10.7. The third kappa shape index (κ3) is 6.38. The number of nitrogens with zero attached hydrogens (tertiary/aromatic N) is 1. The minimum absolute atomic E-state index is 0.0303. The van der Waals surface area contributed by atoms with Crippen molar-refractivity contribution in [2.24, 2.45) is 5.92 Å². The van der Waals surface area contributed by atoms with Gasteiger partial charge in [-0.2, -0.15) is 0 Å². The van der Waals surface area contributed by atoms with Crippen LogP contribution in [0.2, 0.25) is 0 Å². The van der Waals surface area contributed by atoms with Crippen LogP contribution in [0.25, 0.3) is 0 Å². The minimum Gasteiger partial charge on any atom is -0.482 e. The van der Waals surface area contributed by atoms with Gasteiger partial charge < -0.3 is 19.4 Å². The number of halogens is 2. The molecular weight excluding hydrogens is 523 g/mol. The molecule has 9 nitrogen and oxygen atoms in total. The summed E-state index contributed by atoms with van der Waals surface area (Å²) in [6, 6.07) is 14.1. The number of rotatable bonds is 9. The van der Waals surface area contributed by atoms with E-state index in [1.54, 1.807) is 30.3 Å². The smallest absolute Gasteiger partial charge is 0.258 e. The zero-order valence-electron chi connectivity index (χ0n) is 18.4. The molecule has 1 aliphatic heterocycles. The van der Waals surface area contributed by atoms with Crippen LogP contribution in [0.3, 0.4) is 0 Å². The Bertz CT molecular complexity index is 1200. The maximum atomic E-state index is 13.2. The Hall–Kier alpha value is -3.86. The number of carbonyl (C=O) groups is 3.